The van der Waals surface area contributed by atoms with Crippen molar-refractivity contribution in [1.29, 1.82) is 5.26 Å². The third-order valence-corrected chi connectivity index (χ3v) is 3.61. The summed E-state index contributed by atoms with van der Waals surface area (Å²) in [5.41, 5.74) is 0.397. The molecule has 0 bridgehead atoms. The molecule has 19 heavy (non-hydrogen) atoms. The van der Waals surface area contributed by atoms with Gasteiger partial charge in [-0.3, -0.25) is 5.32 Å². The first-order valence-corrected chi connectivity index (χ1v) is 7.10. The van der Waals surface area contributed by atoms with Crippen LogP contribution in [-0.2, 0) is 10.3 Å². The Morgan fingerprint density at radius 2 is 2.11 bits per heavy atom. The maximum Gasteiger partial charge on any atom is 0.134 e. The fourth-order valence-corrected chi connectivity index (χ4v) is 2.28. The average molecular weight is 258 g/mol. The number of nitrogens with zero attached hydrogens (tertiary/aromatic N) is 1. The van der Waals surface area contributed by atoms with Crippen molar-refractivity contribution in [2.45, 2.75) is 31.7 Å². The third kappa shape index (κ3) is 3.79. The summed E-state index contributed by atoms with van der Waals surface area (Å²) in [7, 11) is 0. The van der Waals surface area contributed by atoms with E-state index in [1.165, 1.54) is 12.8 Å². The molecule has 1 aliphatic rings. The highest BCUT2D eigenvalue weighted by molar-refractivity contribution is 5.31. The molecule has 3 nitrogen and oxygen atoms in total. The number of rotatable bonds is 8. The van der Waals surface area contributed by atoms with Gasteiger partial charge in [-0.05, 0) is 30.9 Å². The van der Waals surface area contributed by atoms with Gasteiger partial charge in [-0.1, -0.05) is 37.3 Å². The molecule has 0 amide bonds. The van der Waals surface area contributed by atoms with Gasteiger partial charge in [0, 0.05) is 19.6 Å². The van der Waals surface area contributed by atoms with E-state index in [-0.39, 0.29) is 0 Å². The standard InChI is InChI=1S/C16H22N2O/c1-2-18-16(13-17,15-6-4-3-5-7-15)10-11-19-12-14-8-9-14/h3-7,14,18H,2,8-12H2,1H3. The summed E-state index contributed by atoms with van der Waals surface area (Å²) in [4.78, 5) is 0. The lowest BCUT2D eigenvalue weighted by atomic mass is 9.88. The molecule has 2 rings (SSSR count). The van der Waals surface area contributed by atoms with Gasteiger partial charge in [-0.15, -0.1) is 0 Å². The van der Waals surface area contributed by atoms with E-state index in [0.29, 0.717) is 13.0 Å². The van der Waals surface area contributed by atoms with E-state index in [0.717, 1.165) is 24.6 Å². The number of ether oxygens (including phenoxy) is 1. The third-order valence-electron chi connectivity index (χ3n) is 3.61. The Kier molecular flexibility index (Phi) is 4.95. The second-order valence-electron chi connectivity index (χ2n) is 5.18. The van der Waals surface area contributed by atoms with E-state index in [1.54, 1.807) is 0 Å². The predicted molar refractivity (Wildman–Crippen MR) is 75.6 cm³/mol. The van der Waals surface area contributed by atoms with Crippen molar-refractivity contribution in [2.24, 2.45) is 5.92 Å². The van der Waals surface area contributed by atoms with Gasteiger partial charge in [0.1, 0.15) is 5.54 Å². The van der Waals surface area contributed by atoms with Crippen LogP contribution in [0.3, 0.4) is 0 Å². The molecule has 1 saturated carbocycles. The number of hydrogen-bond donors (Lipinski definition) is 1. The molecule has 0 spiro atoms. The zero-order valence-electron chi connectivity index (χ0n) is 11.6. The Morgan fingerprint density at radius 1 is 1.37 bits per heavy atom. The van der Waals surface area contributed by atoms with E-state index in [1.807, 2.05) is 37.3 Å². The number of hydrogen-bond acceptors (Lipinski definition) is 3. The lowest BCUT2D eigenvalue weighted by Crippen LogP contribution is -2.42. The van der Waals surface area contributed by atoms with Gasteiger partial charge in [0.15, 0.2) is 0 Å². The fourth-order valence-electron chi connectivity index (χ4n) is 2.28. The Labute approximate surface area is 115 Å². The van der Waals surface area contributed by atoms with Crippen molar-refractivity contribution < 1.29 is 4.74 Å². The molecule has 0 heterocycles. The van der Waals surface area contributed by atoms with Crippen LogP contribution in [-0.4, -0.2) is 19.8 Å². The van der Waals surface area contributed by atoms with Gasteiger partial charge in [0.25, 0.3) is 0 Å². The summed E-state index contributed by atoms with van der Waals surface area (Å²) in [5.74, 6) is 0.771. The lowest BCUT2D eigenvalue weighted by molar-refractivity contribution is 0.107. The van der Waals surface area contributed by atoms with Gasteiger partial charge in [-0.2, -0.15) is 5.26 Å². The van der Waals surface area contributed by atoms with E-state index in [4.69, 9.17) is 4.74 Å². The molecule has 1 fully saturated rings. The number of nitrogens with one attached hydrogen (secondary N) is 1. The minimum Gasteiger partial charge on any atom is -0.381 e. The smallest absolute Gasteiger partial charge is 0.134 e. The van der Waals surface area contributed by atoms with Crippen molar-refractivity contribution >= 4 is 0 Å². The minimum absolute atomic E-state index is 0.625. The largest absolute Gasteiger partial charge is 0.381 e. The van der Waals surface area contributed by atoms with Crippen molar-refractivity contribution in [3.8, 4) is 6.07 Å². The fraction of sp³-hybridized carbons (Fsp3) is 0.562. The number of nitriles is 1. The molecule has 102 valence electrons. The van der Waals surface area contributed by atoms with Crippen LogP contribution in [0.25, 0.3) is 0 Å². The van der Waals surface area contributed by atoms with Crippen LogP contribution in [0.4, 0.5) is 0 Å². The summed E-state index contributed by atoms with van der Waals surface area (Å²) >= 11 is 0. The monoisotopic (exact) mass is 258 g/mol. The zero-order chi connectivity index (χ0) is 13.6. The molecule has 0 aliphatic heterocycles. The Morgan fingerprint density at radius 3 is 2.68 bits per heavy atom. The molecule has 1 N–H and O–H groups in total. The first-order chi connectivity index (χ1) is 9.30. The van der Waals surface area contributed by atoms with Crippen LogP contribution in [0.15, 0.2) is 30.3 Å². The molecular formula is C16H22N2O. The van der Waals surface area contributed by atoms with Crippen LogP contribution in [0.5, 0.6) is 0 Å². The van der Waals surface area contributed by atoms with E-state index < -0.39 is 5.54 Å². The number of benzene rings is 1. The van der Waals surface area contributed by atoms with Crippen LogP contribution in [0, 0.1) is 17.2 Å². The van der Waals surface area contributed by atoms with Crippen molar-refractivity contribution in [3.05, 3.63) is 35.9 Å². The maximum atomic E-state index is 9.61. The molecule has 1 aromatic rings. The molecule has 0 saturated heterocycles. The molecule has 0 radical (unpaired) electrons. The summed E-state index contributed by atoms with van der Waals surface area (Å²) in [6.07, 6.45) is 3.29. The molecule has 3 heteroatoms. The maximum absolute atomic E-state index is 9.61. The van der Waals surface area contributed by atoms with Gasteiger partial charge in [0.2, 0.25) is 0 Å². The summed E-state index contributed by atoms with van der Waals surface area (Å²) in [6, 6.07) is 12.4. The topological polar surface area (TPSA) is 45.0 Å². The summed E-state index contributed by atoms with van der Waals surface area (Å²) in [6.45, 7) is 4.28. The molecule has 1 aliphatic carbocycles. The van der Waals surface area contributed by atoms with Crippen LogP contribution >= 0.6 is 0 Å². The first-order valence-electron chi connectivity index (χ1n) is 7.10. The van der Waals surface area contributed by atoms with E-state index >= 15 is 0 Å². The van der Waals surface area contributed by atoms with Gasteiger partial charge in [0.05, 0.1) is 6.07 Å². The Bertz CT molecular complexity index is 422. The molecule has 1 atom stereocenters. The van der Waals surface area contributed by atoms with Gasteiger partial charge >= 0.3 is 0 Å². The van der Waals surface area contributed by atoms with E-state index in [2.05, 4.69) is 11.4 Å². The quantitative estimate of drug-likeness (QED) is 0.729. The molecule has 0 aromatic heterocycles. The second-order valence-corrected chi connectivity index (χ2v) is 5.18. The van der Waals surface area contributed by atoms with Crippen molar-refractivity contribution in [3.63, 3.8) is 0 Å². The van der Waals surface area contributed by atoms with Crippen molar-refractivity contribution in [2.75, 3.05) is 19.8 Å². The lowest BCUT2D eigenvalue weighted by Gasteiger charge is -2.28. The normalized spacial score (nSPS) is 17.7. The molecule has 1 unspecified atom stereocenters. The van der Waals surface area contributed by atoms with Gasteiger partial charge < -0.3 is 4.74 Å². The SMILES string of the molecule is CCNC(C#N)(CCOCC1CC1)c1ccccc1. The highest BCUT2D eigenvalue weighted by atomic mass is 16.5. The summed E-state index contributed by atoms with van der Waals surface area (Å²) < 4.78 is 5.69. The second kappa shape index (κ2) is 6.70. The first kappa shape index (κ1) is 14.0. The predicted octanol–water partition coefficient (Wildman–Crippen LogP) is 2.83. The Balaban J connectivity index is 1.98. The Hall–Kier alpha value is -1.37. The van der Waals surface area contributed by atoms with Crippen LogP contribution in [0.1, 0.15) is 31.7 Å². The minimum atomic E-state index is -0.625. The molecular weight excluding hydrogens is 236 g/mol. The van der Waals surface area contributed by atoms with Crippen molar-refractivity contribution in [1.82, 2.24) is 5.32 Å². The van der Waals surface area contributed by atoms with Gasteiger partial charge in [-0.25, -0.2) is 0 Å². The summed E-state index contributed by atoms with van der Waals surface area (Å²) in [5, 5.41) is 12.9. The highest BCUT2D eigenvalue weighted by Crippen LogP contribution is 2.29. The average Bonchev–Trinajstić information content (AvgIpc) is 3.27. The van der Waals surface area contributed by atoms with E-state index in [9.17, 15) is 5.26 Å². The molecule has 1 aromatic carbocycles. The highest BCUT2D eigenvalue weighted by Gasteiger charge is 2.31. The van der Waals surface area contributed by atoms with Crippen LogP contribution in [0.2, 0.25) is 0 Å². The van der Waals surface area contributed by atoms with Crippen LogP contribution < -0.4 is 5.32 Å². The zero-order valence-corrected chi connectivity index (χ0v) is 11.6.